The van der Waals surface area contributed by atoms with E-state index in [1.807, 2.05) is 19.1 Å². The van der Waals surface area contributed by atoms with Crippen molar-refractivity contribution in [3.63, 3.8) is 0 Å². The van der Waals surface area contributed by atoms with Gasteiger partial charge in [0, 0.05) is 18.0 Å². The Balaban J connectivity index is 2.45. The summed E-state index contributed by atoms with van der Waals surface area (Å²) in [5.74, 6) is 6.18. The van der Waals surface area contributed by atoms with Gasteiger partial charge in [-0.3, -0.25) is 4.57 Å². The van der Waals surface area contributed by atoms with Crippen molar-refractivity contribution in [2.24, 2.45) is 0 Å². The van der Waals surface area contributed by atoms with Crippen LogP contribution >= 0.6 is 0 Å². The summed E-state index contributed by atoms with van der Waals surface area (Å²) in [5, 5.41) is 8.83. The highest BCUT2D eigenvalue weighted by Gasteiger charge is 2.06. The van der Waals surface area contributed by atoms with E-state index in [1.165, 1.54) is 10.8 Å². The van der Waals surface area contributed by atoms with Crippen LogP contribution in [-0.4, -0.2) is 28.4 Å². The molecular formula is C16H16N2O3. The topological polar surface area (TPSA) is 64.3 Å². The summed E-state index contributed by atoms with van der Waals surface area (Å²) in [6, 6.07) is 5.43. The van der Waals surface area contributed by atoms with E-state index < -0.39 is 0 Å². The lowest BCUT2D eigenvalue weighted by Gasteiger charge is -2.10. The van der Waals surface area contributed by atoms with Gasteiger partial charge in [-0.05, 0) is 36.2 Å². The van der Waals surface area contributed by atoms with Crippen LogP contribution in [0.5, 0.6) is 5.75 Å². The molecule has 0 amide bonds. The molecule has 5 nitrogen and oxygen atoms in total. The summed E-state index contributed by atoms with van der Waals surface area (Å²) in [6.07, 6.45) is 3.29. The molecule has 0 spiro atoms. The van der Waals surface area contributed by atoms with Gasteiger partial charge in [-0.15, -0.1) is 0 Å². The first-order valence-electron chi connectivity index (χ1n) is 6.44. The number of ether oxygens (including phenoxy) is 1. The smallest absolute Gasteiger partial charge is 0.347 e. The number of aliphatic hydroxyl groups excluding tert-OH is 1. The van der Waals surface area contributed by atoms with Gasteiger partial charge in [0.05, 0.1) is 13.7 Å². The first-order valence-corrected chi connectivity index (χ1v) is 6.44. The van der Waals surface area contributed by atoms with E-state index in [-0.39, 0.29) is 12.3 Å². The third-order valence-corrected chi connectivity index (χ3v) is 2.94. The molecule has 0 saturated carbocycles. The minimum absolute atomic E-state index is 0.211. The minimum atomic E-state index is -0.315. The lowest BCUT2D eigenvalue weighted by Crippen LogP contribution is -2.23. The van der Waals surface area contributed by atoms with Gasteiger partial charge in [0.2, 0.25) is 0 Å². The molecule has 5 heteroatoms. The average Bonchev–Trinajstić information content (AvgIpc) is 2.49. The maximum absolute atomic E-state index is 11.8. The van der Waals surface area contributed by atoms with Crippen LogP contribution in [0.25, 0.3) is 0 Å². The number of hydrogen-bond acceptors (Lipinski definition) is 4. The van der Waals surface area contributed by atoms with Crippen molar-refractivity contribution in [3.8, 4) is 17.6 Å². The van der Waals surface area contributed by atoms with Crippen molar-refractivity contribution < 1.29 is 9.84 Å². The number of rotatable bonds is 3. The highest BCUT2D eigenvalue weighted by Crippen LogP contribution is 2.18. The SMILES string of the molecule is COc1ccc(C#CCO)c(Cn2cc(C)cnc2=O)c1. The monoisotopic (exact) mass is 284 g/mol. The van der Waals surface area contributed by atoms with Gasteiger partial charge >= 0.3 is 5.69 Å². The van der Waals surface area contributed by atoms with E-state index in [2.05, 4.69) is 16.8 Å². The summed E-state index contributed by atoms with van der Waals surface area (Å²) in [5.41, 5.74) is 2.17. The van der Waals surface area contributed by atoms with E-state index in [0.29, 0.717) is 12.3 Å². The van der Waals surface area contributed by atoms with Gasteiger partial charge in [0.15, 0.2) is 0 Å². The predicted octanol–water partition coefficient (Wildman–Crippen LogP) is 0.952. The van der Waals surface area contributed by atoms with Crippen LogP contribution in [0.4, 0.5) is 0 Å². The number of methoxy groups -OCH3 is 1. The molecule has 0 radical (unpaired) electrons. The average molecular weight is 284 g/mol. The van der Waals surface area contributed by atoms with Crippen molar-refractivity contribution >= 4 is 0 Å². The summed E-state index contributed by atoms with van der Waals surface area (Å²) < 4.78 is 6.73. The Hall–Kier alpha value is -2.58. The van der Waals surface area contributed by atoms with Crippen LogP contribution in [0.3, 0.4) is 0 Å². The Morgan fingerprint density at radius 2 is 2.24 bits per heavy atom. The van der Waals surface area contributed by atoms with Crippen LogP contribution < -0.4 is 10.4 Å². The first kappa shape index (κ1) is 14.8. The van der Waals surface area contributed by atoms with Gasteiger partial charge < -0.3 is 9.84 Å². The van der Waals surface area contributed by atoms with Gasteiger partial charge in [-0.25, -0.2) is 9.78 Å². The molecule has 0 atom stereocenters. The highest BCUT2D eigenvalue weighted by molar-refractivity contribution is 5.45. The Kier molecular flexibility index (Phi) is 4.75. The third-order valence-electron chi connectivity index (χ3n) is 2.94. The van der Waals surface area contributed by atoms with Gasteiger partial charge in [0.25, 0.3) is 0 Å². The molecule has 1 aromatic heterocycles. The maximum Gasteiger partial charge on any atom is 0.347 e. The molecule has 0 fully saturated rings. The zero-order valence-corrected chi connectivity index (χ0v) is 12.0. The van der Waals surface area contributed by atoms with Crippen molar-refractivity contribution in [2.45, 2.75) is 13.5 Å². The van der Waals surface area contributed by atoms with Crippen LogP contribution in [-0.2, 0) is 6.54 Å². The molecule has 1 aromatic carbocycles. The zero-order valence-electron chi connectivity index (χ0n) is 12.0. The first-order chi connectivity index (χ1) is 10.1. The molecular weight excluding hydrogens is 268 g/mol. The van der Waals surface area contributed by atoms with E-state index in [1.54, 1.807) is 19.4 Å². The molecule has 0 unspecified atom stereocenters. The largest absolute Gasteiger partial charge is 0.497 e. The van der Waals surface area contributed by atoms with Gasteiger partial charge in [-0.2, -0.15) is 0 Å². The number of aliphatic hydroxyl groups is 1. The second-order valence-corrected chi connectivity index (χ2v) is 4.52. The van der Waals surface area contributed by atoms with Gasteiger partial charge in [0.1, 0.15) is 12.4 Å². The Morgan fingerprint density at radius 3 is 2.95 bits per heavy atom. The third kappa shape index (κ3) is 3.71. The minimum Gasteiger partial charge on any atom is -0.497 e. The quantitative estimate of drug-likeness (QED) is 0.852. The van der Waals surface area contributed by atoms with Crippen LogP contribution in [0.15, 0.2) is 35.4 Å². The number of aryl methyl sites for hydroxylation is 1. The lowest BCUT2D eigenvalue weighted by atomic mass is 10.1. The fourth-order valence-corrected chi connectivity index (χ4v) is 1.95. The summed E-state index contributed by atoms with van der Waals surface area (Å²) in [6.45, 7) is 2.01. The molecule has 0 aliphatic carbocycles. The Labute approximate surface area is 122 Å². The summed E-state index contributed by atoms with van der Waals surface area (Å²) >= 11 is 0. The zero-order chi connectivity index (χ0) is 15.2. The summed E-state index contributed by atoms with van der Waals surface area (Å²) in [7, 11) is 1.58. The molecule has 21 heavy (non-hydrogen) atoms. The predicted molar refractivity (Wildman–Crippen MR) is 79.3 cm³/mol. The summed E-state index contributed by atoms with van der Waals surface area (Å²) in [4.78, 5) is 15.6. The highest BCUT2D eigenvalue weighted by atomic mass is 16.5. The maximum atomic E-state index is 11.8. The molecule has 0 aliphatic rings. The number of nitrogens with zero attached hydrogens (tertiary/aromatic N) is 2. The fourth-order valence-electron chi connectivity index (χ4n) is 1.95. The van der Waals surface area contributed by atoms with Crippen molar-refractivity contribution in [3.05, 3.63) is 57.8 Å². The number of hydrogen-bond donors (Lipinski definition) is 1. The van der Waals surface area contributed by atoms with E-state index >= 15 is 0 Å². The second kappa shape index (κ2) is 6.73. The fraction of sp³-hybridized carbons (Fsp3) is 0.250. The van der Waals surface area contributed by atoms with Gasteiger partial charge in [-0.1, -0.05) is 11.8 Å². The van der Waals surface area contributed by atoms with E-state index in [0.717, 1.165) is 16.7 Å². The number of benzene rings is 1. The lowest BCUT2D eigenvalue weighted by molar-refractivity contribution is 0.350. The molecule has 1 heterocycles. The van der Waals surface area contributed by atoms with Crippen molar-refractivity contribution in [2.75, 3.05) is 13.7 Å². The molecule has 0 saturated heterocycles. The van der Waals surface area contributed by atoms with Crippen LogP contribution in [0, 0.1) is 18.8 Å². The molecule has 2 aromatic rings. The molecule has 0 bridgehead atoms. The Morgan fingerprint density at radius 1 is 1.43 bits per heavy atom. The molecule has 1 N–H and O–H groups in total. The Bertz CT molecular complexity index is 754. The van der Waals surface area contributed by atoms with Crippen LogP contribution in [0.2, 0.25) is 0 Å². The van der Waals surface area contributed by atoms with E-state index in [4.69, 9.17) is 9.84 Å². The second-order valence-electron chi connectivity index (χ2n) is 4.52. The molecule has 2 rings (SSSR count). The molecule has 108 valence electrons. The van der Waals surface area contributed by atoms with Crippen LogP contribution in [0.1, 0.15) is 16.7 Å². The molecule has 0 aliphatic heterocycles. The van der Waals surface area contributed by atoms with Crippen molar-refractivity contribution in [1.29, 1.82) is 0 Å². The standard InChI is InChI=1S/C16H16N2O3/c1-12-9-17-16(20)18(10-12)11-14-8-15(21-2)6-5-13(14)4-3-7-19/h5-6,8-10,19H,7,11H2,1-2H3. The number of aromatic nitrogens is 2. The van der Waals surface area contributed by atoms with Crippen molar-refractivity contribution in [1.82, 2.24) is 9.55 Å². The normalized spacial score (nSPS) is 9.86. The van der Waals surface area contributed by atoms with E-state index in [9.17, 15) is 4.79 Å².